The van der Waals surface area contributed by atoms with E-state index >= 15 is 0 Å². The number of nitrogens with zero attached hydrogens (tertiary/aromatic N) is 4. The quantitative estimate of drug-likeness (QED) is 0.582. The monoisotopic (exact) mass is 316 g/mol. The predicted molar refractivity (Wildman–Crippen MR) is 82.5 cm³/mol. The third-order valence-corrected chi connectivity index (χ3v) is 4.26. The fourth-order valence-electron chi connectivity index (χ4n) is 2.50. The van der Waals surface area contributed by atoms with Gasteiger partial charge in [-0.25, -0.2) is 14.8 Å². The SMILES string of the molecule is CCn1c(=O)[nH]c(=O)c2[nH]c(Cc3cn4ccsc4n3)nc21. The van der Waals surface area contributed by atoms with Crippen LogP contribution in [0.5, 0.6) is 0 Å². The molecule has 0 unspecified atom stereocenters. The van der Waals surface area contributed by atoms with Gasteiger partial charge in [-0.2, -0.15) is 0 Å². The van der Waals surface area contributed by atoms with E-state index in [-0.39, 0.29) is 0 Å². The smallest absolute Gasteiger partial charge is 0.330 e. The number of H-pyrrole nitrogens is 2. The van der Waals surface area contributed by atoms with Crippen LogP contribution < -0.4 is 11.2 Å². The molecular weight excluding hydrogens is 304 g/mol. The molecule has 0 aromatic carbocycles. The van der Waals surface area contributed by atoms with Crippen LogP contribution in [0, 0.1) is 0 Å². The van der Waals surface area contributed by atoms with Crippen molar-refractivity contribution in [2.45, 2.75) is 19.9 Å². The Hall–Kier alpha value is -2.68. The molecule has 0 aliphatic carbocycles. The summed E-state index contributed by atoms with van der Waals surface area (Å²) in [5.74, 6) is 0.610. The van der Waals surface area contributed by atoms with E-state index in [1.807, 2.05) is 29.1 Å². The van der Waals surface area contributed by atoms with Crippen LogP contribution in [0.1, 0.15) is 18.4 Å². The van der Waals surface area contributed by atoms with Gasteiger partial charge in [0, 0.05) is 30.7 Å². The number of rotatable bonds is 3. The molecule has 8 nitrogen and oxygen atoms in total. The number of thiazole rings is 1. The summed E-state index contributed by atoms with van der Waals surface area (Å²) in [6.45, 7) is 2.27. The number of nitrogens with one attached hydrogen (secondary N) is 2. The van der Waals surface area contributed by atoms with Crippen molar-refractivity contribution in [3.63, 3.8) is 0 Å². The summed E-state index contributed by atoms with van der Waals surface area (Å²) >= 11 is 1.56. The lowest BCUT2D eigenvalue weighted by atomic mass is 10.3. The highest BCUT2D eigenvalue weighted by atomic mass is 32.1. The summed E-state index contributed by atoms with van der Waals surface area (Å²) in [6, 6.07) is 0. The van der Waals surface area contributed by atoms with Gasteiger partial charge in [0.25, 0.3) is 5.56 Å². The summed E-state index contributed by atoms with van der Waals surface area (Å²) in [4.78, 5) is 38.7. The molecule has 0 aliphatic rings. The molecule has 0 fully saturated rings. The highest BCUT2D eigenvalue weighted by molar-refractivity contribution is 7.15. The molecule has 0 atom stereocenters. The van der Waals surface area contributed by atoms with E-state index < -0.39 is 11.2 Å². The Balaban J connectivity index is 1.82. The van der Waals surface area contributed by atoms with Crippen LogP contribution in [0.15, 0.2) is 27.4 Å². The van der Waals surface area contributed by atoms with Crippen molar-refractivity contribution in [3.8, 4) is 0 Å². The Morgan fingerprint density at radius 3 is 2.91 bits per heavy atom. The van der Waals surface area contributed by atoms with Crippen molar-refractivity contribution in [3.05, 3.63) is 50.1 Å². The van der Waals surface area contributed by atoms with Crippen LogP contribution in [0.3, 0.4) is 0 Å². The molecule has 0 saturated carbocycles. The first kappa shape index (κ1) is 13.0. The summed E-state index contributed by atoms with van der Waals surface area (Å²) < 4.78 is 3.37. The zero-order chi connectivity index (χ0) is 15.3. The lowest BCUT2D eigenvalue weighted by Crippen LogP contribution is -2.29. The summed E-state index contributed by atoms with van der Waals surface area (Å²) in [7, 11) is 0. The van der Waals surface area contributed by atoms with E-state index in [9.17, 15) is 9.59 Å². The Morgan fingerprint density at radius 1 is 1.27 bits per heavy atom. The Bertz CT molecular complexity index is 1070. The van der Waals surface area contributed by atoms with Crippen molar-refractivity contribution < 1.29 is 0 Å². The first-order valence-electron chi connectivity index (χ1n) is 6.78. The molecule has 0 radical (unpaired) electrons. The first-order chi connectivity index (χ1) is 10.7. The van der Waals surface area contributed by atoms with Gasteiger partial charge in [0.1, 0.15) is 11.3 Å². The van der Waals surface area contributed by atoms with Crippen LogP contribution in [0.4, 0.5) is 0 Å². The van der Waals surface area contributed by atoms with Gasteiger partial charge >= 0.3 is 5.69 Å². The minimum atomic E-state index is -0.450. The van der Waals surface area contributed by atoms with Gasteiger partial charge in [0.2, 0.25) is 0 Å². The maximum atomic E-state index is 11.9. The minimum Gasteiger partial charge on any atom is -0.336 e. The minimum absolute atomic E-state index is 0.317. The van der Waals surface area contributed by atoms with Crippen LogP contribution >= 0.6 is 11.3 Å². The van der Waals surface area contributed by atoms with Crippen LogP contribution in [-0.4, -0.2) is 28.9 Å². The molecule has 22 heavy (non-hydrogen) atoms. The average Bonchev–Trinajstić information content (AvgIpc) is 3.13. The van der Waals surface area contributed by atoms with Gasteiger partial charge in [-0.15, -0.1) is 11.3 Å². The largest absolute Gasteiger partial charge is 0.336 e. The normalized spacial score (nSPS) is 11.7. The fourth-order valence-corrected chi connectivity index (χ4v) is 3.22. The van der Waals surface area contributed by atoms with E-state index in [1.54, 1.807) is 11.3 Å². The van der Waals surface area contributed by atoms with E-state index in [0.717, 1.165) is 10.7 Å². The molecule has 0 spiro atoms. The number of aromatic amines is 2. The number of hydrogen-bond acceptors (Lipinski definition) is 5. The second-order valence-corrected chi connectivity index (χ2v) is 5.76. The van der Waals surface area contributed by atoms with E-state index in [1.165, 1.54) is 4.57 Å². The second kappa shape index (κ2) is 4.67. The number of hydrogen-bond donors (Lipinski definition) is 2. The third kappa shape index (κ3) is 1.90. The van der Waals surface area contributed by atoms with Gasteiger partial charge < -0.3 is 4.98 Å². The van der Waals surface area contributed by atoms with E-state index in [0.29, 0.717) is 30.0 Å². The molecule has 0 amide bonds. The molecule has 2 N–H and O–H groups in total. The Kier molecular flexibility index (Phi) is 2.76. The topological polar surface area (TPSA) is 101 Å². The van der Waals surface area contributed by atoms with Crippen molar-refractivity contribution in [2.75, 3.05) is 0 Å². The summed E-state index contributed by atoms with van der Waals surface area (Å²) in [5.41, 5.74) is 0.660. The van der Waals surface area contributed by atoms with Gasteiger partial charge in [0.05, 0.1) is 5.69 Å². The zero-order valence-electron chi connectivity index (χ0n) is 11.7. The summed E-state index contributed by atoms with van der Waals surface area (Å²) in [5, 5.41) is 1.97. The maximum absolute atomic E-state index is 11.9. The lowest BCUT2D eigenvalue weighted by molar-refractivity contribution is 0.719. The molecule has 4 heterocycles. The number of fused-ring (bicyclic) bond motifs is 2. The highest BCUT2D eigenvalue weighted by Crippen LogP contribution is 2.14. The fraction of sp³-hybridized carbons (Fsp3) is 0.231. The standard InChI is InChI=1S/C13H12N6O2S/c1-2-19-10-9(11(20)17-12(19)21)15-8(16-10)5-7-6-18-3-4-22-13(18)14-7/h3-4,6H,2,5H2,1H3,(H,15,16)(H,17,20,21). The molecule has 9 heteroatoms. The second-order valence-electron chi connectivity index (χ2n) is 4.89. The Labute approximate surface area is 127 Å². The van der Waals surface area contributed by atoms with Crippen LogP contribution in [0.25, 0.3) is 16.1 Å². The first-order valence-corrected chi connectivity index (χ1v) is 7.66. The van der Waals surface area contributed by atoms with E-state index in [2.05, 4.69) is 19.9 Å². The van der Waals surface area contributed by atoms with Crippen molar-refractivity contribution in [2.24, 2.45) is 0 Å². The van der Waals surface area contributed by atoms with Gasteiger partial charge in [0.15, 0.2) is 10.6 Å². The summed E-state index contributed by atoms with van der Waals surface area (Å²) in [6.07, 6.45) is 4.34. The Morgan fingerprint density at radius 2 is 2.14 bits per heavy atom. The molecule has 0 bridgehead atoms. The predicted octanol–water partition coefficient (Wildman–Crippen LogP) is 0.733. The number of aromatic nitrogens is 6. The van der Waals surface area contributed by atoms with Gasteiger partial charge in [-0.3, -0.25) is 18.7 Å². The van der Waals surface area contributed by atoms with Gasteiger partial charge in [-0.05, 0) is 6.92 Å². The molecule has 4 aromatic heterocycles. The van der Waals surface area contributed by atoms with Crippen molar-refractivity contribution in [1.29, 1.82) is 0 Å². The lowest BCUT2D eigenvalue weighted by Gasteiger charge is -1.99. The third-order valence-electron chi connectivity index (χ3n) is 3.49. The highest BCUT2D eigenvalue weighted by Gasteiger charge is 2.13. The maximum Gasteiger partial charge on any atom is 0.330 e. The molecule has 0 saturated heterocycles. The van der Waals surface area contributed by atoms with Crippen molar-refractivity contribution >= 4 is 27.5 Å². The molecule has 4 aromatic rings. The van der Waals surface area contributed by atoms with E-state index in [4.69, 9.17) is 0 Å². The number of aryl methyl sites for hydroxylation is 1. The van der Waals surface area contributed by atoms with Crippen molar-refractivity contribution in [1.82, 2.24) is 28.9 Å². The zero-order valence-corrected chi connectivity index (χ0v) is 12.5. The average molecular weight is 316 g/mol. The van der Waals surface area contributed by atoms with Crippen LogP contribution in [-0.2, 0) is 13.0 Å². The molecular formula is C13H12N6O2S. The molecule has 4 rings (SSSR count). The van der Waals surface area contributed by atoms with Crippen LogP contribution in [0.2, 0.25) is 0 Å². The molecule has 112 valence electrons. The number of imidazole rings is 2. The van der Waals surface area contributed by atoms with Gasteiger partial charge in [-0.1, -0.05) is 0 Å². The molecule has 0 aliphatic heterocycles.